The zero-order valence-electron chi connectivity index (χ0n) is 13.7. The molecule has 24 heavy (non-hydrogen) atoms. The molecule has 0 aromatic heterocycles. The first-order valence-corrected chi connectivity index (χ1v) is 8.39. The molecular formula is C17H21N3O4. The van der Waals surface area contributed by atoms with Crippen molar-refractivity contribution in [2.45, 2.75) is 39.0 Å². The van der Waals surface area contributed by atoms with Crippen LogP contribution in [0, 0.1) is 16.0 Å². The Morgan fingerprint density at radius 3 is 2.33 bits per heavy atom. The summed E-state index contributed by atoms with van der Waals surface area (Å²) in [4.78, 5) is 38.4. The summed E-state index contributed by atoms with van der Waals surface area (Å²) in [5, 5.41) is 11.5. The van der Waals surface area contributed by atoms with E-state index in [0.717, 1.165) is 43.7 Å². The highest BCUT2D eigenvalue weighted by Gasteiger charge is 2.37. The molecule has 2 heterocycles. The molecule has 2 aliphatic rings. The Morgan fingerprint density at radius 1 is 1.12 bits per heavy atom. The average molecular weight is 331 g/mol. The lowest BCUT2D eigenvalue weighted by Gasteiger charge is -2.23. The predicted octanol–water partition coefficient (Wildman–Crippen LogP) is 2.87. The summed E-state index contributed by atoms with van der Waals surface area (Å²) in [6.07, 6.45) is 4.45. The second kappa shape index (κ2) is 6.59. The van der Waals surface area contributed by atoms with Crippen molar-refractivity contribution in [3.05, 3.63) is 28.3 Å². The summed E-state index contributed by atoms with van der Waals surface area (Å²) >= 11 is 0. The minimum Gasteiger partial charge on any atom is -0.366 e. The molecule has 2 fully saturated rings. The quantitative estimate of drug-likeness (QED) is 0.483. The fraction of sp³-hybridized carbons (Fsp3) is 0.529. The smallest absolute Gasteiger partial charge is 0.294 e. The number of nitrogens with zero attached hydrogens (tertiary/aromatic N) is 3. The minimum atomic E-state index is -0.432. The van der Waals surface area contributed by atoms with Gasteiger partial charge in [0.15, 0.2) is 0 Å². The van der Waals surface area contributed by atoms with Crippen molar-refractivity contribution < 1.29 is 14.5 Å². The molecule has 3 rings (SSSR count). The zero-order chi connectivity index (χ0) is 17.3. The van der Waals surface area contributed by atoms with Crippen molar-refractivity contribution in [3.8, 4) is 0 Å². The molecular weight excluding hydrogens is 310 g/mol. The van der Waals surface area contributed by atoms with Crippen LogP contribution in [0.2, 0.25) is 0 Å². The second-order valence-electron chi connectivity index (χ2n) is 6.50. The molecule has 1 atom stereocenters. The molecule has 2 aliphatic heterocycles. The highest BCUT2D eigenvalue weighted by Crippen LogP contribution is 2.36. The van der Waals surface area contributed by atoms with Gasteiger partial charge in [0.1, 0.15) is 5.69 Å². The Kier molecular flexibility index (Phi) is 4.51. The van der Waals surface area contributed by atoms with Crippen molar-refractivity contribution >= 4 is 28.9 Å². The topological polar surface area (TPSA) is 83.8 Å². The molecule has 0 spiro atoms. The molecule has 0 N–H and O–H groups in total. The van der Waals surface area contributed by atoms with Crippen molar-refractivity contribution in [3.63, 3.8) is 0 Å². The van der Waals surface area contributed by atoms with Gasteiger partial charge in [-0.15, -0.1) is 0 Å². The van der Waals surface area contributed by atoms with Crippen LogP contribution in [0.15, 0.2) is 18.2 Å². The van der Waals surface area contributed by atoms with Crippen molar-refractivity contribution in [1.82, 2.24) is 0 Å². The summed E-state index contributed by atoms with van der Waals surface area (Å²) in [6.45, 7) is 3.28. The number of hydrogen-bond acceptors (Lipinski definition) is 5. The highest BCUT2D eigenvalue weighted by atomic mass is 16.6. The molecule has 0 radical (unpaired) electrons. The Bertz CT molecular complexity index is 680. The first-order chi connectivity index (χ1) is 11.5. The number of benzene rings is 1. The van der Waals surface area contributed by atoms with Crippen LogP contribution in [0.5, 0.6) is 0 Å². The molecule has 0 aliphatic carbocycles. The van der Waals surface area contributed by atoms with Crippen molar-refractivity contribution in [2.75, 3.05) is 22.9 Å². The number of nitro benzene ring substituents is 1. The maximum atomic E-state index is 12.2. The van der Waals surface area contributed by atoms with Crippen molar-refractivity contribution in [1.29, 1.82) is 0 Å². The number of nitro groups is 1. The van der Waals surface area contributed by atoms with E-state index in [-0.39, 0.29) is 29.8 Å². The summed E-state index contributed by atoms with van der Waals surface area (Å²) in [7, 11) is 0. The van der Waals surface area contributed by atoms with Gasteiger partial charge in [-0.3, -0.25) is 24.6 Å². The Labute approximate surface area is 140 Å². The molecule has 2 saturated heterocycles. The highest BCUT2D eigenvalue weighted by molar-refractivity contribution is 6.21. The van der Waals surface area contributed by atoms with E-state index in [1.54, 1.807) is 19.1 Å². The molecule has 7 nitrogen and oxygen atoms in total. The van der Waals surface area contributed by atoms with Crippen LogP contribution in [0.4, 0.5) is 17.1 Å². The molecule has 128 valence electrons. The normalized spacial score (nSPS) is 22.0. The van der Waals surface area contributed by atoms with Crippen LogP contribution in [-0.2, 0) is 9.59 Å². The van der Waals surface area contributed by atoms with Gasteiger partial charge in [0, 0.05) is 31.5 Å². The third kappa shape index (κ3) is 2.98. The van der Waals surface area contributed by atoms with E-state index >= 15 is 0 Å². The lowest BCUT2D eigenvalue weighted by molar-refractivity contribution is -0.384. The molecule has 1 aromatic carbocycles. The van der Waals surface area contributed by atoms with E-state index in [1.165, 1.54) is 6.07 Å². The van der Waals surface area contributed by atoms with Crippen LogP contribution >= 0.6 is 0 Å². The molecule has 0 bridgehead atoms. The van der Waals surface area contributed by atoms with Gasteiger partial charge in [0.25, 0.3) is 5.69 Å². The van der Waals surface area contributed by atoms with Gasteiger partial charge < -0.3 is 4.90 Å². The van der Waals surface area contributed by atoms with Crippen molar-refractivity contribution in [2.24, 2.45) is 5.92 Å². The van der Waals surface area contributed by atoms with Crippen LogP contribution in [0.1, 0.15) is 39.0 Å². The average Bonchev–Trinajstić information content (AvgIpc) is 2.76. The lowest BCUT2D eigenvalue weighted by atomic mass is 10.1. The van der Waals surface area contributed by atoms with E-state index in [9.17, 15) is 19.7 Å². The largest absolute Gasteiger partial charge is 0.366 e. The zero-order valence-corrected chi connectivity index (χ0v) is 13.7. The Morgan fingerprint density at radius 2 is 1.79 bits per heavy atom. The van der Waals surface area contributed by atoms with Gasteiger partial charge in [-0.2, -0.15) is 0 Å². The fourth-order valence-corrected chi connectivity index (χ4v) is 3.43. The second-order valence-corrected chi connectivity index (χ2v) is 6.50. The van der Waals surface area contributed by atoms with Crippen LogP contribution in [0.25, 0.3) is 0 Å². The Hall–Kier alpha value is -2.44. The maximum Gasteiger partial charge on any atom is 0.294 e. The number of imide groups is 1. The van der Waals surface area contributed by atoms with Gasteiger partial charge in [-0.05, 0) is 25.0 Å². The van der Waals surface area contributed by atoms with Crippen LogP contribution < -0.4 is 9.80 Å². The van der Waals surface area contributed by atoms with E-state index in [0.29, 0.717) is 11.4 Å². The third-order valence-corrected chi connectivity index (χ3v) is 4.73. The van der Waals surface area contributed by atoms with Gasteiger partial charge in [0.05, 0.1) is 10.6 Å². The van der Waals surface area contributed by atoms with E-state index < -0.39 is 4.92 Å². The molecule has 2 amide bonds. The van der Waals surface area contributed by atoms with Gasteiger partial charge in [0.2, 0.25) is 11.8 Å². The van der Waals surface area contributed by atoms with Gasteiger partial charge in [-0.1, -0.05) is 19.8 Å². The van der Waals surface area contributed by atoms with Gasteiger partial charge in [-0.25, -0.2) is 0 Å². The summed E-state index contributed by atoms with van der Waals surface area (Å²) in [6, 6.07) is 4.66. The summed E-state index contributed by atoms with van der Waals surface area (Å²) in [5.41, 5.74) is 0.812. The van der Waals surface area contributed by atoms with Crippen LogP contribution in [-0.4, -0.2) is 29.8 Å². The standard InChI is InChI=1S/C17H21N3O4/c1-12-10-16(21)19(17(12)22)13-6-7-14(15(11-13)20(23)24)18-8-4-2-3-5-9-18/h6-7,11-12H,2-5,8-10H2,1H3/t12-/m0/s1. The minimum absolute atomic E-state index is 0.0467. The fourth-order valence-electron chi connectivity index (χ4n) is 3.43. The number of anilines is 2. The first kappa shape index (κ1) is 16.4. The van der Waals surface area contributed by atoms with Crippen LogP contribution in [0.3, 0.4) is 0 Å². The number of hydrogen-bond donors (Lipinski definition) is 0. The number of carbonyl (C=O) groups is 2. The predicted molar refractivity (Wildman–Crippen MR) is 90.1 cm³/mol. The Balaban J connectivity index is 1.97. The molecule has 0 unspecified atom stereocenters. The maximum absolute atomic E-state index is 12.2. The number of rotatable bonds is 3. The first-order valence-electron chi connectivity index (χ1n) is 8.39. The SMILES string of the molecule is C[C@H]1CC(=O)N(c2ccc(N3CCCCCC3)c([N+](=O)[O-])c2)C1=O. The number of carbonyl (C=O) groups excluding carboxylic acids is 2. The molecule has 1 aromatic rings. The van der Waals surface area contributed by atoms with E-state index in [4.69, 9.17) is 0 Å². The third-order valence-electron chi connectivity index (χ3n) is 4.73. The monoisotopic (exact) mass is 331 g/mol. The van der Waals surface area contributed by atoms with E-state index in [2.05, 4.69) is 0 Å². The summed E-state index contributed by atoms with van der Waals surface area (Å²) < 4.78 is 0. The number of amides is 2. The summed E-state index contributed by atoms with van der Waals surface area (Å²) in [5.74, 6) is -0.969. The molecule has 0 saturated carbocycles. The van der Waals surface area contributed by atoms with E-state index in [1.807, 2.05) is 4.90 Å². The van der Waals surface area contributed by atoms with Gasteiger partial charge >= 0.3 is 0 Å². The molecule has 7 heteroatoms. The lowest BCUT2D eigenvalue weighted by Crippen LogP contribution is -2.30.